The van der Waals surface area contributed by atoms with E-state index in [-0.39, 0.29) is 0 Å². The SMILES string of the molecule is C=C(Nc1cc(N)cc(F)c1)c1cc(C)ccc1Cl. The molecule has 0 saturated heterocycles. The highest BCUT2D eigenvalue weighted by Crippen LogP contribution is 2.26. The first-order chi connectivity index (χ1) is 8.95. The predicted molar refractivity (Wildman–Crippen MR) is 79.7 cm³/mol. The van der Waals surface area contributed by atoms with Crippen LogP contribution in [-0.2, 0) is 0 Å². The summed E-state index contributed by atoms with van der Waals surface area (Å²) in [6, 6.07) is 9.88. The first-order valence-corrected chi connectivity index (χ1v) is 6.12. The number of nitrogen functional groups attached to an aromatic ring is 1. The first kappa shape index (κ1) is 13.4. The van der Waals surface area contributed by atoms with Crippen molar-refractivity contribution >= 4 is 28.7 Å². The van der Waals surface area contributed by atoms with Crippen molar-refractivity contribution in [3.05, 3.63) is 64.9 Å². The van der Waals surface area contributed by atoms with E-state index in [1.54, 1.807) is 12.1 Å². The Kier molecular flexibility index (Phi) is 3.76. The lowest BCUT2D eigenvalue weighted by Gasteiger charge is -2.12. The van der Waals surface area contributed by atoms with Crippen LogP contribution in [0.2, 0.25) is 5.02 Å². The minimum Gasteiger partial charge on any atom is -0.399 e. The highest BCUT2D eigenvalue weighted by atomic mass is 35.5. The van der Waals surface area contributed by atoms with E-state index in [1.807, 2.05) is 19.1 Å². The van der Waals surface area contributed by atoms with Crippen molar-refractivity contribution in [2.45, 2.75) is 6.92 Å². The molecule has 2 aromatic carbocycles. The molecular weight excluding hydrogens is 263 g/mol. The Hall–Kier alpha value is -2.00. The predicted octanol–water partition coefficient (Wildman–Crippen LogP) is 4.45. The maximum absolute atomic E-state index is 13.2. The molecule has 0 fully saturated rings. The third kappa shape index (κ3) is 3.26. The lowest BCUT2D eigenvalue weighted by Crippen LogP contribution is -2.00. The van der Waals surface area contributed by atoms with Gasteiger partial charge in [0.15, 0.2) is 0 Å². The van der Waals surface area contributed by atoms with Gasteiger partial charge in [-0.15, -0.1) is 0 Å². The number of rotatable bonds is 3. The van der Waals surface area contributed by atoms with Crippen LogP contribution in [-0.4, -0.2) is 0 Å². The number of anilines is 2. The quantitative estimate of drug-likeness (QED) is 0.813. The van der Waals surface area contributed by atoms with Gasteiger partial charge in [0.05, 0.1) is 0 Å². The number of nitrogens with one attached hydrogen (secondary N) is 1. The second kappa shape index (κ2) is 5.33. The molecule has 0 aromatic heterocycles. The van der Waals surface area contributed by atoms with Gasteiger partial charge in [0, 0.05) is 27.7 Å². The van der Waals surface area contributed by atoms with Crippen molar-refractivity contribution in [1.29, 1.82) is 0 Å². The van der Waals surface area contributed by atoms with Gasteiger partial charge in [0.1, 0.15) is 5.82 Å². The van der Waals surface area contributed by atoms with Crippen molar-refractivity contribution in [1.82, 2.24) is 0 Å². The first-order valence-electron chi connectivity index (χ1n) is 5.74. The Morgan fingerprint density at radius 1 is 1.26 bits per heavy atom. The molecule has 2 rings (SSSR count). The summed E-state index contributed by atoms with van der Waals surface area (Å²) in [5.74, 6) is -0.398. The van der Waals surface area contributed by atoms with E-state index in [9.17, 15) is 4.39 Å². The molecule has 2 nitrogen and oxygen atoms in total. The topological polar surface area (TPSA) is 38.0 Å². The molecule has 0 aliphatic carbocycles. The zero-order chi connectivity index (χ0) is 14.0. The molecule has 98 valence electrons. The number of hydrogen-bond donors (Lipinski definition) is 2. The summed E-state index contributed by atoms with van der Waals surface area (Å²) in [4.78, 5) is 0. The molecule has 3 N–H and O–H groups in total. The maximum atomic E-state index is 13.2. The van der Waals surface area contributed by atoms with Gasteiger partial charge in [-0.05, 0) is 37.3 Å². The summed E-state index contributed by atoms with van der Waals surface area (Å²) in [7, 11) is 0. The van der Waals surface area contributed by atoms with Crippen molar-refractivity contribution in [2.24, 2.45) is 0 Å². The minimum absolute atomic E-state index is 0.352. The zero-order valence-corrected chi connectivity index (χ0v) is 11.3. The zero-order valence-electron chi connectivity index (χ0n) is 10.5. The van der Waals surface area contributed by atoms with Gasteiger partial charge in [0.25, 0.3) is 0 Å². The fourth-order valence-corrected chi connectivity index (χ4v) is 2.03. The van der Waals surface area contributed by atoms with Crippen molar-refractivity contribution < 1.29 is 4.39 Å². The monoisotopic (exact) mass is 276 g/mol. The number of hydrogen-bond acceptors (Lipinski definition) is 2. The molecular formula is C15H14ClFN2. The van der Waals surface area contributed by atoms with Gasteiger partial charge in [-0.1, -0.05) is 29.8 Å². The van der Waals surface area contributed by atoms with Crippen molar-refractivity contribution in [2.75, 3.05) is 11.1 Å². The van der Waals surface area contributed by atoms with Gasteiger partial charge >= 0.3 is 0 Å². The van der Waals surface area contributed by atoms with Crippen LogP contribution in [0.3, 0.4) is 0 Å². The summed E-state index contributed by atoms with van der Waals surface area (Å²) in [5, 5.41) is 3.60. The molecule has 0 bridgehead atoms. The van der Waals surface area contributed by atoms with Crippen molar-refractivity contribution in [3.63, 3.8) is 0 Å². The molecule has 0 saturated carbocycles. The summed E-state index contributed by atoms with van der Waals surface area (Å²) < 4.78 is 13.2. The summed E-state index contributed by atoms with van der Waals surface area (Å²) >= 11 is 6.12. The average Bonchev–Trinajstić information content (AvgIpc) is 2.30. The van der Waals surface area contributed by atoms with Crippen LogP contribution >= 0.6 is 11.6 Å². The van der Waals surface area contributed by atoms with Crippen LogP contribution in [0.25, 0.3) is 5.70 Å². The Labute approximate surface area is 116 Å². The van der Waals surface area contributed by atoms with Crippen LogP contribution in [0, 0.1) is 12.7 Å². The lowest BCUT2D eigenvalue weighted by molar-refractivity contribution is 0.629. The van der Waals surface area contributed by atoms with E-state index in [0.29, 0.717) is 22.1 Å². The third-order valence-corrected chi connectivity index (χ3v) is 2.99. The number of benzene rings is 2. The average molecular weight is 277 g/mol. The van der Waals surface area contributed by atoms with Gasteiger partial charge in [0.2, 0.25) is 0 Å². The number of halogens is 2. The Balaban J connectivity index is 2.28. The van der Waals surface area contributed by atoms with E-state index in [2.05, 4.69) is 11.9 Å². The minimum atomic E-state index is -0.398. The van der Waals surface area contributed by atoms with Crippen LogP contribution in [0.5, 0.6) is 0 Å². The highest BCUT2D eigenvalue weighted by Gasteiger charge is 2.06. The smallest absolute Gasteiger partial charge is 0.127 e. The molecule has 0 aliphatic heterocycles. The summed E-state index contributed by atoms with van der Waals surface area (Å²) in [6.07, 6.45) is 0. The van der Waals surface area contributed by atoms with Crippen LogP contribution in [0.1, 0.15) is 11.1 Å². The summed E-state index contributed by atoms with van der Waals surface area (Å²) in [6.45, 7) is 5.89. The molecule has 19 heavy (non-hydrogen) atoms. The van der Waals surface area contributed by atoms with Crippen molar-refractivity contribution in [3.8, 4) is 0 Å². The van der Waals surface area contributed by atoms with E-state index in [0.717, 1.165) is 11.1 Å². The largest absolute Gasteiger partial charge is 0.399 e. The van der Waals surface area contributed by atoms with Crippen LogP contribution < -0.4 is 11.1 Å². The number of aryl methyl sites for hydroxylation is 1. The molecule has 0 spiro atoms. The summed E-state index contributed by atoms with van der Waals surface area (Å²) in [5.41, 5.74) is 8.93. The second-order valence-corrected chi connectivity index (χ2v) is 4.77. The van der Waals surface area contributed by atoms with E-state index in [1.165, 1.54) is 12.1 Å². The van der Waals surface area contributed by atoms with Gasteiger partial charge in [-0.2, -0.15) is 0 Å². The maximum Gasteiger partial charge on any atom is 0.127 e. The molecule has 0 amide bonds. The van der Waals surface area contributed by atoms with Gasteiger partial charge in [-0.3, -0.25) is 0 Å². The molecule has 0 radical (unpaired) electrons. The fourth-order valence-electron chi connectivity index (χ4n) is 1.80. The van der Waals surface area contributed by atoms with E-state index >= 15 is 0 Å². The Bertz CT molecular complexity index is 618. The second-order valence-electron chi connectivity index (χ2n) is 4.36. The fraction of sp³-hybridized carbons (Fsp3) is 0.0667. The molecule has 0 atom stereocenters. The van der Waals surface area contributed by atoms with Gasteiger partial charge < -0.3 is 11.1 Å². The normalized spacial score (nSPS) is 10.3. The van der Waals surface area contributed by atoms with Gasteiger partial charge in [-0.25, -0.2) is 4.39 Å². The molecule has 4 heteroatoms. The Morgan fingerprint density at radius 3 is 2.68 bits per heavy atom. The standard InChI is InChI=1S/C15H14ClFN2/c1-9-3-4-15(16)14(5-9)10(2)19-13-7-11(17)6-12(18)8-13/h3-8,19H,2,18H2,1H3. The van der Waals surface area contributed by atoms with Crippen LogP contribution in [0.4, 0.5) is 15.8 Å². The molecule has 0 heterocycles. The molecule has 0 aliphatic rings. The third-order valence-electron chi connectivity index (χ3n) is 2.66. The lowest BCUT2D eigenvalue weighted by atomic mass is 10.1. The number of nitrogens with two attached hydrogens (primary N) is 1. The van der Waals surface area contributed by atoms with E-state index in [4.69, 9.17) is 17.3 Å². The van der Waals surface area contributed by atoms with Crippen LogP contribution in [0.15, 0.2) is 43.0 Å². The Morgan fingerprint density at radius 2 is 2.00 bits per heavy atom. The highest BCUT2D eigenvalue weighted by molar-refractivity contribution is 6.32. The molecule has 0 unspecified atom stereocenters. The van der Waals surface area contributed by atoms with E-state index < -0.39 is 5.82 Å². The molecule has 2 aromatic rings.